The molecule has 1 unspecified atom stereocenters. The van der Waals surface area contributed by atoms with Crippen LogP contribution in [0, 0.1) is 32.4 Å². The van der Waals surface area contributed by atoms with Gasteiger partial charge in [-0.05, 0) is 56.5 Å². The van der Waals surface area contributed by atoms with Crippen LogP contribution in [0.4, 0.5) is 14.5 Å². The molecule has 20 heavy (non-hydrogen) atoms. The van der Waals surface area contributed by atoms with Crippen LogP contribution in [0.25, 0.3) is 0 Å². The Balaban J connectivity index is 2.27. The van der Waals surface area contributed by atoms with Crippen molar-refractivity contribution in [2.75, 3.05) is 5.32 Å². The Hall–Kier alpha value is -1.90. The van der Waals surface area contributed by atoms with E-state index in [0.717, 1.165) is 28.4 Å². The molecule has 0 saturated carbocycles. The van der Waals surface area contributed by atoms with Crippen LogP contribution in [0.15, 0.2) is 30.3 Å². The molecule has 0 aromatic heterocycles. The molecule has 0 aliphatic rings. The second-order valence-corrected chi connectivity index (χ2v) is 5.31. The number of aryl methyl sites for hydroxylation is 3. The molecule has 1 N–H and O–H groups in total. The van der Waals surface area contributed by atoms with Crippen molar-refractivity contribution in [1.29, 1.82) is 0 Å². The monoisotopic (exact) mass is 275 g/mol. The molecule has 0 aliphatic carbocycles. The van der Waals surface area contributed by atoms with Gasteiger partial charge in [0, 0.05) is 11.7 Å². The van der Waals surface area contributed by atoms with Crippen molar-refractivity contribution < 1.29 is 8.78 Å². The quantitative estimate of drug-likeness (QED) is 0.825. The van der Waals surface area contributed by atoms with E-state index in [4.69, 9.17) is 0 Å². The Labute approximate surface area is 118 Å². The zero-order valence-corrected chi connectivity index (χ0v) is 12.2. The largest absolute Gasteiger partial charge is 0.378 e. The highest BCUT2D eigenvalue weighted by Gasteiger charge is 2.11. The minimum atomic E-state index is -0.816. The first-order chi connectivity index (χ1) is 9.38. The molecule has 0 radical (unpaired) electrons. The lowest BCUT2D eigenvalue weighted by Gasteiger charge is -2.20. The summed E-state index contributed by atoms with van der Waals surface area (Å²) in [4.78, 5) is 0. The Bertz CT molecular complexity index is 612. The van der Waals surface area contributed by atoms with Crippen molar-refractivity contribution in [3.8, 4) is 0 Å². The van der Waals surface area contributed by atoms with E-state index in [1.54, 1.807) is 6.07 Å². The van der Waals surface area contributed by atoms with Gasteiger partial charge in [-0.3, -0.25) is 0 Å². The van der Waals surface area contributed by atoms with Crippen LogP contribution in [-0.2, 0) is 0 Å². The lowest BCUT2D eigenvalue weighted by atomic mass is 10.0. The van der Waals surface area contributed by atoms with Crippen LogP contribution >= 0.6 is 0 Å². The van der Waals surface area contributed by atoms with Crippen molar-refractivity contribution in [3.63, 3.8) is 0 Å². The summed E-state index contributed by atoms with van der Waals surface area (Å²) < 4.78 is 26.3. The number of hydrogen-bond acceptors (Lipinski definition) is 1. The van der Waals surface area contributed by atoms with Crippen molar-refractivity contribution in [2.24, 2.45) is 0 Å². The molecule has 0 aliphatic heterocycles. The van der Waals surface area contributed by atoms with Gasteiger partial charge >= 0.3 is 0 Å². The summed E-state index contributed by atoms with van der Waals surface area (Å²) in [6.45, 7) is 8.08. The van der Waals surface area contributed by atoms with E-state index in [9.17, 15) is 8.78 Å². The third kappa shape index (κ3) is 2.98. The molecule has 2 aromatic rings. The second-order valence-electron chi connectivity index (χ2n) is 5.31. The van der Waals surface area contributed by atoms with E-state index < -0.39 is 11.6 Å². The van der Waals surface area contributed by atoms with E-state index in [-0.39, 0.29) is 6.04 Å². The fraction of sp³-hybridized carbons (Fsp3) is 0.294. The summed E-state index contributed by atoms with van der Waals surface area (Å²) in [6, 6.07) is 8.13. The van der Waals surface area contributed by atoms with Crippen LogP contribution in [0.3, 0.4) is 0 Å². The second kappa shape index (κ2) is 5.61. The summed E-state index contributed by atoms with van der Waals surface area (Å²) in [6.07, 6.45) is 0. The van der Waals surface area contributed by atoms with Crippen LogP contribution in [0.1, 0.15) is 35.2 Å². The molecule has 1 nitrogen and oxygen atoms in total. The molecular weight excluding hydrogens is 256 g/mol. The fourth-order valence-corrected chi connectivity index (χ4v) is 2.49. The third-order valence-electron chi connectivity index (χ3n) is 3.48. The molecule has 0 spiro atoms. The van der Waals surface area contributed by atoms with E-state index in [1.807, 2.05) is 20.8 Å². The highest BCUT2D eigenvalue weighted by molar-refractivity contribution is 5.59. The smallest absolute Gasteiger partial charge is 0.159 e. The first-order valence-corrected chi connectivity index (χ1v) is 6.68. The molecule has 0 saturated heterocycles. The standard InChI is InChI=1S/C17H19F2N/c1-10-7-11(2)17(12(3)8-10)20-13(4)14-5-6-15(18)16(19)9-14/h5-9,13,20H,1-4H3. The first-order valence-electron chi connectivity index (χ1n) is 6.68. The maximum atomic E-state index is 13.3. The van der Waals surface area contributed by atoms with Gasteiger partial charge in [0.25, 0.3) is 0 Å². The SMILES string of the molecule is Cc1cc(C)c(NC(C)c2ccc(F)c(F)c2)c(C)c1. The average Bonchev–Trinajstić information content (AvgIpc) is 2.36. The highest BCUT2D eigenvalue weighted by atomic mass is 19.2. The molecule has 3 heteroatoms. The van der Waals surface area contributed by atoms with Crippen molar-refractivity contribution in [3.05, 3.63) is 64.2 Å². The molecule has 2 rings (SSSR count). The number of anilines is 1. The van der Waals surface area contributed by atoms with Gasteiger partial charge in [0.05, 0.1) is 0 Å². The number of nitrogens with one attached hydrogen (secondary N) is 1. The minimum absolute atomic E-state index is 0.0924. The van der Waals surface area contributed by atoms with Crippen LogP contribution in [0.5, 0.6) is 0 Å². The number of benzene rings is 2. The minimum Gasteiger partial charge on any atom is -0.378 e. The Kier molecular flexibility index (Phi) is 4.07. The lowest BCUT2D eigenvalue weighted by molar-refractivity contribution is 0.506. The Morgan fingerprint density at radius 2 is 1.50 bits per heavy atom. The Morgan fingerprint density at radius 1 is 0.900 bits per heavy atom. The summed E-state index contributed by atoms with van der Waals surface area (Å²) in [7, 11) is 0. The Morgan fingerprint density at radius 3 is 2.05 bits per heavy atom. The maximum Gasteiger partial charge on any atom is 0.159 e. The normalized spacial score (nSPS) is 12.3. The molecule has 0 fully saturated rings. The summed E-state index contributed by atoms with van der Waals surface area (Å²) in [5.74, 6) is -1.63. The molecule has 1 atom stereocenters. The summed E-state index contributed by atoms with van der Waals surface area (Å²) >= 11 is 0. The zero-order valence-electron chi connectivity index (χ0n) is 12.2. The van der Waals surface area contributed by atoms with Gasteiger partial charge in [0.1, 0.15) is 0 Å². The zero-order chi connectivity index (χ0) is 14.9. The van der Waals surface area contributed by atoms with Gasteiger partial charge in [0.2, 0.25) is 0 Å². The molecule has 2 aromatic carbocycles. The molecular formula is C17H19F2N. The third-order valence-corrected chi connectivity index (χ3v) is 3.48. The van der Waals surface area contributed by atoms with Gasteiger partial charge in [0.15, 0.2) is 11.6 Å². The van der Waals surface area contributed by atoms with Gasteiger partial charge in [-0.15, -0.1) is 0 Å². The molecule has 0 amide bonds. The average molecular weight is 275 g/mol. The van der Waals surface area contributed by atoms with E-state index in [0.29, 0.717) is 0 Å². The topological polar surface area (TPSA) is 12.0 Å². The molecule has 0 bridgehead atoms. The lowest BCUT2D eigenvalue weighted by Crippen LogP contribution is -2.09. The molecule has 0 heterocycles. The maximum absolute atomic E-state index is 13.3. The van der Waals surface area contributed by atoms with Crippen LogP contribution in [0.2, 0.25) is 0 Å². The van der Waals surface area contributed by atoms with Crippen molar-refractivity contribution in [2.45, 2.75) is 33.7 Å². The number of halogens is 2. The fourth-order valence-electron chi connectivity index (χ4n) is 2.49. The van der Waals surface area contributed by atoms with Crippen LogP contribution < -0.4 is 5.32 Å². The summed E-state index contributed by atoms with van der Waals surface area (Å²) in [5, 5.41) is 3.38. The van der Waals surface area contributed by atoms with Crippen LogP contribution in [-0.4, -0.2) is 0 Å². The van der Waals surface area contributed by atoms with E-state index in [2.05, 4.69) is 24.4 Å². The van der Waals surface area contributed by atoms with Gasteiger partial charge in [-0.1, -0.05) is 23.8 Å². The van der Waals surface area contributed by atoms with Gasteiger partial charge in [-0.2, -0.15) is 0 Å². The number of rotatable bonds is 3. The van der Waals surface area contributed by atoms with E-state index in [1.165, 1.54) is 11.6 Å². The van der Waals surface area contributed by atoms with Gasteiger partial charge in [-0.25, -0.2) is 8.78 Å². The van der Waals surface area contributed by atoms with Crippen molar-refractivity contribution in [1.82, 2.24) is 0 Å². The van der Waals surface area contributed by atoms with Gasteiger partial charge < -0.3 is 5.32 Å². The van der Waals surface area contributed by atoms with Crippen molar-refractivity contribution >= 4 is 5.69 Å². The molecule has 106 valence electrons. The van der Waals surface area contributed by atoms with E-state index >= 15 is 0 Å². The summed E-state index contributed by atoms with van der Waals surface area (Å²) in [5.41, 5.74) is 5.29. The number of hydrogen-bond donors (Lipinski definition) is 1. The predicted octanol–water partition coefficient (Wildman–Crippen LogP) is 5.06. The first kappa shape index (κ1) is 14.5. The predicted molar refractivity (Wildman–Crippen MR) is 79.0 cm³/mol. The highest BCUT2D eigenvalue weighted by Crippen LogP contribution is 2.27.